The quantitative estimate of drug-likeness (QED) is 0.352. The number of carbonyl (C=O) groups is 3. The third-order valence-corrected chi connectivity index (χ3v) is 6.30. The van der Waals surface area contributed by atoms with E-state index >= 15 is 0 Å². The fourth-order valence-electron chi connectivity index (χ4n) is 4.30. The van der Waals surface area contributed by atoms with Gasteiger partial charge in [-0.05, 0) is 36.0 Å². The van der Waals surface area contributed by atoms with Crippen molar-refractivity contribution in [3.8, 4) is 0 Å². The lowest BCUT2D eigenvalue weighted by atomic mass is 9.93. The predicted octanol–water partition coefficient (Wildman–Crippen LogP) is 4.25. The molecule has 1 aliphatic heterocycles. The largest absolute Gasteiger partial charge is 0.445 e. The first-order valence-corrected chi connectivity index (χ1v) is 12.2. The van der Waals surface area contributed by atoms with Gasteiger partial charge in [0.15, 0.2) is 0 Å². The van der Waals surface area contributed by atoms with Crippen LogP contribution >= 0.6 is 0 Å². The van der Waals surface area contributed by atoms with Gasteiger partial charge in [0.2, 0.25) is 11.8 Å². The van der Waals surface area contributed by atoms with Crippen LogP contribution < -0.4 is 11.1 Å². The van der Waals surface area contributed by atoms with Crippen LogP contribution in [0.5, 0.6) is 0 Å². The van der Waals surface area contributed by atoms with E-state index in [1.807, 2.05) is 60.7 Å². The summed E-state index contributed by atoms with van der Waals surface area (Å²) >= 11 is 0. The average Bonchev–Trinajstić information content (AvgIpc) is 2.88. The molecule has 0 unspecified atom stereocenters. The number of ether oxygens (including phenoxy) is 1. The van der Waals surface area contributed by atoms with Crippen LogP contribution in [0.2, 0.25) is 0 Å². The topological polar surface area (TPSA) is 102 Å². The molecule has 0 aliphatic carbocycles. The highest BCUT2D eigenvalue weighted by Crippen LogP contribution is 2.25. The van der Waals surface area contributed by atoms with Crippen molar-refractivity contribution in [2.45, 2.75) is 70.2 Å². The maximum atomic E-state index is 13.3. The molecule has 0 saturated heterocycles. The molecule has 0 saturated carbocycles. The molecule has 2 aromatic rings. The van der Waals surface area contributed by atoms with Gasteiger partial charge in [0.05, 0.1) is 6.54 Å². The maximum absolute atomic E-state index is 13.3. The Kier molecular flexibility index (Phi) is 9.90. The molecule has 0 radical (unpaired) electrons. The van der Waals surface area contributed by atoms with Crippen molar-refractivity contribution in [1.29, 1.82) is 0 Å². The van der Waals surface area contributed by atoms with Crippen LogP contribution in [0.25, 0.3) is 0 Å². The van der Waals surface area contributed by atoms with E-state index in [0.717, 1.165) is 48.8 Å². The number of hydrogen-bond donors (Lipinski definition) is 2. The van der Waals surface area contributed by atoms with Crippen LogP contribution in [0.15, 0.2) is 67.3 Å². The molecule has 0 spiro atoms. The van der Waals surface area contributed by atoms with Gasteiger partial charge in [-0.2, -0.15) is 0 Å². The van der Waals surface area contributed by atoms with E-state index in [2.05, 4.69) is 11.9 Å². The molecular formula is C28H35N3O4. The van der Waals surface area contributed by atoms with Gasteiger partial charge >= 0.3 is 6.09 Å². The Labute approximate surface area is 207 Å². The SMILES string of the molecule is C=CCCCCCC[C@H](NC(=O)[C@@H]1Cc2ccccc2CN1C(=O)OCc1ccccc1)C(N)=O. The van der Waals surface area contributed by atoms with E-state index in [0.29, 0.717) is 12.8 Å². The van der Waals surface area contributed by atoms with Crippen LogP contribution in [-0.4, -0.2) is 34.9 Å². The number of nitrogens with two attached hydrogens (primary N) is 1. The Morgan fingerprint density at radius 1 is 1.03 bits per heavy atom. The van der Waals surface area contributed by atoms with Crippen molar-refractivity contribution >= 4 is 17.9 Å². The van der Waals surface area contributed by atoms with Gasteiger partial charge in [0, 0.05) is 6.42 Å². The van der Waals surface area contributed by atoms with E-state index in [1.165, 1.54) is 4.90 Å². The van der Waals surface area contributed by atoms with Crippen LogP contribution in [-0.2, 0) is 33.9 Å². The van der Waals surface area contributed by atoms with Crippen molar-refractivity contribution in [3.63, 3.8) is 0 Å². The zero-order valence-electron chi connectivity index (χ0n) is 20.2. The number of benzene rings is 2. The molecule has 0 aromatic heterocycles. The second-order valence-electron chi connectivity index (χ2n) is 8.90. The number of primary amides is 1. The number of unbranched alkanes of at least 4 members (excludes halogenated alkanes) is 4. The lowest BCUT2D eigenvalue weighted by Crippen LogP contribution is -2.56. The van der Waals surface area contributed by atoms with Gasteiger partial charge in [-0.25, -0.2) is 4.79 Å². The fourth-order valence-corrected chi connectivity index (χ4v) is 4.30. The highest BCUT2D eigenvalue weighted by Gasteiger charge is 2.36. The minimum atomic E-state index is -0.789. The number of allylic oxidation sites excluding steroid dienone is 1. The summed E-state index contributed by atoms with van der Waals surface area (Å²) in [5.41, 5.74) is 8.42. The Balaban J connectivity index is 1.66. The molecule has 1 aliphatic rings. The molecule has 2 aromatic carbocycles. The van der Waals surface area contributed by atoms with Crippen molar-refractivity contribution in [2.24, 2.45) is 5.73 Å². The molecule has 3 amide bonds. The summed E-state index contributed by atoms with van der Waals surface area (Å²) in [7, 11) is 0. The van der Waals surface area contributed by atoms with Gasteiger partial charge in [0.25, 0.3) is 0 Å². The summed E-state index contributed by atoms with van der Waals surface area (Å²) in [6, 6.07) is 15.5. The highest BCUT2D eigenvalue weighted by atomic mass is 16.6. The smallest absolute Gasteiger partial charge is 0.411 e. The van der Waals surface area contributed by atoms with E-state index in [4.69, 9.17) is 10.5 Å². The van der Waals surface area contributed by atoms with Crippen LogP contribution in [0.3, 0.4) is 0 Å². The lowest BCUT2D eigenvalue weighted by molar-refractivity contribution is -0.131. The average molecular weight is 478 g/mol. The van der Waals surface area contributed by atoms with E-state index < -0.39 is 30.0 Å². The molecule has 0 bridgehead atoms. The Morgan fingerprint density at radius 2 is 1.71 bits per heavy atom. The maximum Gasteiger partial charge on any atom is 0.411 e. The number of hydrogen-bond acceptors (Lipinski definition) is 4. The Hall–Kier alpha value is -3.61. The van der Waals surface area contributed by atoms with E-state index in [-0.39, 0.29) is 13.2 Å². The number of nitrogens with one attached hydrogen (secondary N) is 1. The van der Waals surface area contributed by atoms with Gasteiger partial charge < -0.3 is 15.8 Å². The third-order valence-electron chi connectivity index (χ3n) is 6.30. The summed E-state index contributed by atoms with van der Waals surface area (Å²) in [6.07, 6.45) is 6.92. The summed E-state index contributed by atoms with van der Waals surface area (Å²) in [5, 5.41) is 2.80. The van der Waals surface area contributed by atoms with Gasteiger partial charge in [-0.1, -0.05) is 79.9 Å². The first-order chi connectivity index (χ1) is 17.0. The normalized spacial score (nSPS) is 15.5. The van der Waals surface area contributed by atoms with E-state index in [1.54, 1.807) is 0 Å². The number of carbonyl (C=O) groups excluding carboxylic acids is 3. The molecule has 0 fully saturated rings. The Bertz CT molecular complexity index is 1010. The number of nitrogens with zero attached hydrogens (tertiary/aromatic N) is 1. The highest BCUT2D eigenvalue weighted by molar-refractivity contribution is 5.91. The molecule has 7 nitrogen and oxygen atoms in total. The molecule has 35 heavy (non-hydrogen) atoms. The molecule has 2 atom stereocenters. The molecule has 1 heterocycles. The zero-order chi connectivity index (χ0) is 25.0. The number of amides is 3. The van der Waals surface area contributed by atoms with Gasteiger partial charge in [0.1, 0.15) is 18.7 Å². The van der Waals surface area contributed by atoms with Crippen LogP contribution in [0, 0.1) is 0 Å². The van der Waals surface area contributed by atoms with Gasteiger partial charge in [-0.15, -0.1) is 6.58 Å². The van der Waals surface area contributed by atoms with Crippen molar-refractivity contribution in [1.82, 2.24) is 10.2 Å². The van der Waals surface area contributed by atoms with Gasteiger partial charge in [-0.3, -0.25) is 14.5 Å². The van der Waals surface area contributed by atoms with Crippen LogP contribution in [0.4, 0.5) is 4.79 Å². The van der Waals surface area contributed by atoms with E-state index in [9.17, 15) is 14.4 Å². The molecule has 3 N–H and O–H groups in total. The molecule has 186 valence electrons. The Morgan fingerprint density at radius 3 is 2.43 bits per heavy atom. The monoisotopic (exact) mass is 477 g/mol. The summed E-state index contributed by atoms with van der Waals surface area (Å²) in [6.45, 7) is 4.09. The number of rotatable bonds is 12. The summed E-state index contributed by atoms with van der Waals surface area (Å²) in [5.74, 6) is -0.967. The minimum Gasteiger partial charge on any atom is -0.445 e. The van der Waals surface area contributed by atoms with Crippen molar-refractivity contribution < 1.29 is 19.1 Å². The van der Waals surface area contributed by atoms with Crippen LogP contribution in [0.1, 0.15) is 55.2 Å². The molecule has 3 rings (SSSR count). The third kappa shape index (κ3) is 7.70. The summed E-state index contributed by atoms with van der Waals surface area (Å²) in [4.78, 5) is 39.8. The molecular weight excluding hydrogens is 442 g/mol. The molecule has 7 heteroatoms. The summed E-state index contributed by atoms with van der Waals surface area (Å²) < 4.78 is 5.54. The first kappa shape index (κ1) is 26.0. The van der Waals surface area contributed by atoms with Crippen molar-refractivity contribution in [2.75, 3.05) is 0 Å². The zero-order valence-corrected chi connectivity index (χ0v) is 20.2. The number of fused-ring (bicyclic) bond motifs is 1. The predicted molar refractivity (Wildman–Crippen MR) is 135 cm³/mol. The lowest BCUT2D eigenvalue weighted by Gasteiger charge is -2.35. The second-order valence-corrected chi connectivity index (χ2v) is 8.90. The fraction of sp³-hybridized carbons (Fsp3) is 0.393. The second kappa shape index (κ2) is 13.3. The first-order valence-electron chi connectivity index (χ1n) is 12.2. The standard InChI is InChI=1S/C28H35N3O4/c1-2-3-4-5-6-10-17-24(26(29)32)30-27(33)25-18-22-15-11-12-16-23(22)19-31(25)28(34)35-20-21-13-8-7-9-14-21/h2,7-9,11-16,24-25H,1,3-6,10,17-20H2,(H2,29,32)(H,30,33)/t24-,25-/m0/s1. The van der Waals surface area contributed by atoms with Crippen molar-refractivity contribution in [3.05, 3.63) is 83.9 Å². The minimum absolute atomic E-state index is 0.113.